The highest BCUT2D eigenvalue weighted by Crippen LogP contribution is 1.97. The molecule has 0 aliphatic carbocycles. The number of unbranched alkanes of at least 4 members (excludes halogenated alkanes) is 1. The highest BCUT2D eigenvalue weighted by molar-refractivity contribution is 5.71. The topological polar surface area (TPSA) is 56.1 Å². The van der Waals surface area contributed by atoms with Crippen molar-refractivity contribution in [1.29, 1.82) is 0 Å². The number of rotatable bonds is 8. The first-order valence-electron chi connectivity index (χ1n) is 5.98. The summed E-state index contributed by atoms with van der Waals surface area (Å²) in [7, 11) is 1.42. The number of aryl methyl sites for hydroxylation is 1. The number of carbonyl (C=O) groups is 1. The average molecular weight is 239 g/mol. The molecule has 96 valence electrons. The van der Waals surface area contributed by atoms with Gasteiger partial charge in [0.25, 0.3) is 0 Å². The van der Waals surface area contributed by atoms with Crippen molar-refractivity contribution in [3.8, 4) is 0 Å². The lowest BCUT2D eigenvalue weighted by Gasteiger charge is -2.10. The molecule has 1 N–H and O–H groups in total. The quantitative estimate of drug-likeness (QED) is 0.544. The van der Waals surface area contributed by atoms with Crippen LogP contribution < -0.4 is 5.32 Å². The van der Waals surface area contributed by atoms with Gasteiger partial charge in [-0.2, -0.15) is 0 Å². The Kier molecular flexibility index (Phi) is 6.32. The lowest BCUT2D eigenvalue weighted by atomic mass is 10.2. The fraction of sp³-hybridized carbons (Fsp3) is 0.667. The third-order valence-corrected chi connectivity index (χ3v) is 2.63. The maximum atomic E-state index is 11.1. The molecule has 0 spiro atoms. The van der Waals surface area contributed by atoms with Gasteiger partial charge in [0.15, 0.2) is 0 Å². The van der Waals surface area contributed by atoms with Gasteiger partial charge in [-0.1, -0.05) is 6.92 Å². The van der Waals surface area contributed by atoms with E-state index in [2.05, 4.69) is 19.6 Å². The monoisotopic (exact) mass is 239 g/mol. The number of nitrogens with one attached hydrogen (secondary N) is 1. The molecule has 0 radical (unpaired) electrons. The average Bonchev–Trinajstić information content (AvgIpc) is 2.85. The largest absolute Gasteiger partial charge is 0.469 e. The number of ether oxygens (including phenoxy) is 1. The lowest BCUT2D eigenvalue weighted by Crippen LogP contribution is -2.28. The van der Waals surface area contributed by atoms with Gasteiger partial charge in [-0.3, -0.25) is 4.79 Å². The van der Waals surface area contributed by atoms with Crippen LogP contribution in [0, 0.1) is 5.92 Å². The van der Waals surface area contributed by atoms with Crippen LogP contribution >= 0.6 is 0 Å². The normalized spacial score (nSPS) is 12.4. The fourth-order valence-electron chi connectivity index (χ4n) is 1.57. The molecule has 5 nitrogen and oxygen atoms in total. The van der Waals surface area contributed by atoms with Crippen molar-refractivity contribution in [2.24, 2.45) is 5.92 Å². The highest BCUT2D eigenvalue weighted by atomic mass is 16.5. The molecule has 0 saturated heterocycles. The Balaban J connectivity index is 1.96. The second kappa shape index (κ2) is 7.84. The van der Waals surface area contributed by atoms with E-state index in [1.165, 1.54) is 7.11 Å². The Labute approximate surface area is 102 Å². The standard InChI is InChI=1S/C12H21N3O2/c1-11(12(16)17-2)9-13-5-3-4-7-15-8-6-14-10-15/h6,8,10-11,13H,3-5,7,9H2,1-2H3. The van der Waals surface area contributed by atoms with E-state index in [0.717, 1.165) is 25.9 Å². The third-order valence-electron chi connectivity index (χ3n) is 2.63. The molecule has 0 aliphatic rings. The van der Waals surface area contributed by atoms with Gasteiger partial charge in [0, 0.05) is 25.5 Å². The number of carbonyl (C=O) groups excluding carboxylic acids is 1. The number of hydrogen-bond acceptors (Lipinski definition) is 4. The van der Waals surface area contributed by atoms with Gasteiger partial charge in [0.2, 0.25) is 0 Å². The molecule has 5 heteroatoms. The van der Waals surface area contributed by atoms with Gasteiger partial charge in [-0.15, -0.1) is 0 Å². The molecule has 0 aromatic carbocycles. The predicted octanol–water partition coefficient (Wildman–Crippen LogP) is 1.06. The van der Waals surface area contributed by atoms with Crippen LogP contribution in [0.15, 0.2) is 18.7 Å². The summed E-state index contributed by atoms with van der Waals surface area (Å²) in [5.41, 5.74) is 0. The summed E-state index contributed by atoms with van der Waals surface area (Å²) in [5, 5.41) is 3.25. The molecular weight excluding hydrogens is 218 g/mol. The van der Waals surface area contributed by atoms with Crippen LogP contribution in [0.1, 0.15) is 19.8 Å². The van der Waals surface area contributed by atoms with E-state index in [1.54, 1.807) is 6.20 Å². The van der Waals surface area contributed by atoms with Crippen molar-refractivity contribution in [3.05, 3.63) is 18.7 Å². The molecule has 1 heterocycles. The number of imidazole rings is 1. The molecule has 0 aliphatic heterocycles. The number of esters is 1. The fourth-order valence-corrected chi connectivity index (χ4v) is 1.57. The van der Waals surface area contributed by atoms with Gasteiger partial charge in [-0.25, -0.2) is 4.98 Å². The second-order valence-electron chi connectivity index (χ2n) is 4.14. The van der Waals surface area contributed by atoms with Crippen LogP contribution in [0.2, 0.25) is 0 Å². The Morgan fingerprint density at radius 3 is 3.00 bits per heavy atom. The number of nitrogens with zero attached hydrogens (tertiary/aromatic N) is 2. The molecular formula is C12H21N3O2. The van der Waals surface area contributed by atoms with Crippen molar-refractivity contribution in [3.63, 3.8) is 0 Å². The minimum Gasteiger partial charge on any atom is -0.469 e. The zero-order valence-corrected chi connectivity index (χ0v) is 10.6. The molecule has 1 atom stereocenters. The zero-order chi connectivity index (χ0) is 12.5. The first-order chi connectivity index (χ1) is 8.24. The Morgan fingerprint density at radius 1 is 1.53 bits per heavy atom. The lowest BCUT2D eigenvalue weighted by molar-refractivity contribution is -0.144. The Morgan fingerprint density at radius 2 is 2.35 bits per heavy atom. The van der Waals surface area contributed by atoms with E-state index in [4.69, 9.17) is 0 Å². The van der Waals surface area contributed by atoms with E-state index in [9.17, 15) is 4.79 Å². The van der Waals surface area contributed by atoms with Crippen molar-refractivity contribution in [1.82, 2.24) is 14.9 Å². The van der Waals surface area contributed by atoms with Crippen molar-refractivity contribution < 1.29 is 9.53 Å². The highest BCUT2D eigenvalue weighted by Gasteiger charge is 2.11. The molecule has 0 amide bonds. The first kappa shape index (κ1) is 13.7. The molecule has 0 fully saturated rings. The molecule has 1 aromatic rings. The van der Waals surface area contributed by atoms with Gasteiger partial charge in [0.1, 0.15) is 0 Å². The first-order valence-corrected chi connectivity index (χ1v) is 5.98. The third kappa shape index (κ3) is 5.49. The molecule has 17 heavy (non-hydrogen) atoms. The van der Waals surface area contributed by atoms with Crippen LogP contribution in [0.4, 0.5) is 0 Å². The predicted molar refractivity (Wildman–Crippen MR) is 65.5 cm³/mol. The van der Waals surface area contributed by atoms with Crippen molar-refractivity contribution in [2.75, 3.05) is 20.2 Å². The van der Waals surface area contributed by atoms with Crippen molar-refractivity contribution in [2.45, 2.75) is 26.3 Å². The minimum atomic E-state index is -0.157. The van der Waals surface area contributed by atoms with Crippen LogP contribution in [0.3, 0.4) is 0 Å². The zero-order valence-electron chi connectivity index (χ0n) is 10.6. The summed E-state index contributed by atoms with van der Waals surface area (Å²) < 4.78 is 6.72. The van der Waals surface area contributed by atoms with Crippen molar-refractivity contribution >= 4 is 5.97 Å². The second-order valence-corrected chi connectivity index (χ2v) is 4.14. The maximum absolute atomic E-state index is 11.1. The molecule has 1 aromatic heterocycles. The Bertz CT molecular complexity index is 312. The van der Waals surface area contributed by atoms with E-state index < -0.39 is 0 Å². The van der Waals surface area contributed by atoms with E-state index in [0.29, 0.717) is 6.54 Å². The number of hydrogen-bond donors (Lipinski definition) is 1. The summed E-state index contributed by atoms with van der Waals surface area (Å²) >= 11 is 0. The van der Waals surface area contributed by atoms with Crippen LogP contribution in [-0.4, -0.2) is 35.7 Å². The van der Waals surface area contributed by atoms with Gasteiger partial charge in [0.05, 0.1) is 19.4 Å². The van der Waals surface area contributed by atoms with Gasteiger partial charge >= 0.3 is 5.97 Å². The van der Waals surface area contributed by atoms with Crippen LogP contribution in [0.25, 0.3) is 0 Å². The summed E-state index contributed by atoms with van der Waals surface area (Å²) in [6.45, 7) is 4.46. The molecule has 0 saturated carbocycles. The Hall–Kier alpha value is -1.36. The summed E-state index contributed by atoms with van der Waals surface area (Å²) in [4.78, 5) is 15.1. The molecule has 0 bridgehead atoms. The minimum absolute atomic E-state index is 0.0753. The number of aromatic nitrogens is 2. The smallest absolute Gasteiger partial charge is 0.309 e. The van der Waals surface area contributed by atoms with E-state index in [-0.39, 0.29) is 11.9 Å². The maximum Gasteiger partial charge on any atom is 0.309 e. The number of methoxy groups -OCH3 is 1. The summed E-state index contributed by atoms with van der Waals surface area (Å²) in [6, 6.07) is 0. The van der Waals surface area contributed by atoms with Crippen LogP contribution in [0.5, 0.6) is 0 Å². The molecule has 1 rings (SSSR count). The van der Waals surface area contributed by atoms with Crippen LogP contribution in [-0.2, 0) is 16.1 Å². The molecule has 1 unspecified atom stereocenters. The summed E-state index contributed by atoms with van der Waals surface area (Å²) in [6.07, 6.45) is 7.78. The van der Waals surface area contributed by atoms with E-state index >= 15 is 0 Å². The summed E-state index contributed by atoms with van der Waals surface area (Å²) in [5.74, 6) is -0.232. The SMILES string of the molecule is COC(=O)C(C)CNCCCCn1ccnc1. The van der Waals surface area contributed by atoms with Gasteiger partial charge in [-0.05, 0) is 19.4 Å². The van der Waals surface area contributed by atoms with E-state index in [1.807, 2.05) is 19.4 Å². The van der Waals surface area contributed by atoms with Gasteiger partial charge < -0.3 is 14.6 Å².